The summed E-state index contributed by atoms with van der Waals surface area (Å²) in [7, 11) is 1.42. The lowest BCUT2D eigenvalue weighted by Crippen LogP contribution is -2.25. The van der Waals surface area contributed by atoms with E-state index in [-0.39, 0.29) is 5.88 Å². The Bertz CT molecular complexity index is 489. The first-order chi connectivity index (χ1) is 6.58. The molecule has 0 N–H and O–H groups in total. The van der Waals surface area contributed by atoms with Gasteiger partial charge in [0.05, 0.1) is 6.20 Å². The van der Waals surface area contributed by atoms with E-state index in [1.165, 1.54) is 13.2 Å². The molecule has 7 nitrogen and oxygen atoms in total. The average Bonchev–Trinajstić information content (AvgIpc) is 2.23. The number of hydrogen-bond donors (Lipinski definition) is 0. The van der Waals surface area contributed by atoms with Crippen LogP contribution in [0.4, 0.5) is 0 Å². The van der Waals surface area contributed by atoms with Crippen LogP contribution >= 0.6 is 0 Å². The molecule has 0 saturated heterocycles. The van der Waals surface area contributed by atoms with E-state index < -0.39 is 23.4 Å². The van der Waals surface area contributed by atoms with Crippen molar-refractivity contribution < 1.29 is 19.1 Å². The normalized spacial score (nSPS) is 14.4. The summed E-state index contributed by atoms with van der Waals surface area (Å²) in [6.45, 7) is 0. The molecule has 0 fully saturated rings. The molecule has 0 aromatic carbocycles. The lowest BCUT2D eigenvalue weighted by molar-refractivity contribution is -0.155. The van der Waals surface area contributed by atoms with Gasteiger partial charge in [0, 0.05) is 7.05 Å². The lowest BCUT2D eigenvalue weighted by Gasteiger charge is -1.99. The third-order valence-electron chi connectivity index (χ3n) is 1.57. The molecular weight excluding hydrogens is 192 g/mol. The van der Waals surface area contributed by atoms with Gasteiger partial charge in [0.25, 0.3) is 5.88 Å². The van der Waals surface area contributed by atoms with Gasteiger partial charge in [-0.1, -0.05) is 0 Å². The van der Waals surface area contributed by atoms with Crippen LogP contribution in [-0.4, -0.2) is 21.5 Å². The van der Waals surface area contributed by atoms with Crippen LogP contribution in [0.25, 0.3) is 0 Å². The first-order valence-electron chi connectivity index (χ1n) is 3.59. The predicted octanol–water partition coefficient (Wildman–Crippen LogP) is -1.40. The molecular formula is C7H4N2O5. The maximum absolute atomic E-state index is 11.2. The van der Waals surface area contributed by atoms with Crippen molar-refractivity contribution in [2.24, 2.45) is 7.05 Å². The van der Waals surface area contributed by atoms with Crippen LogP contribution in [0.2, 0.25) is 0 Å². The lowest BCUT2D eigenvalue weighted by atomic mass is 10.6. The van der Waals surface area contributed by atoms with Crippen molar-refractivity contribution >= 4 is 11.9 Å². The van der Waals surface area contributed by atoms with Crippen molar-refractivity contribution in [3.8, 4) is 11.8 Å². The third kappa shape index (κ3) is 1.15. The first-order valence-corrected chi connectivity index (χ1v) is 3.59. The number of fused-ring (bicyclic) bond motifs is 2. The van der Waals surface area contributed by atoms with E-state index >= 15 is 0 Å². The van der Waals surface area contributed by atoms with Crippen molar-refractivity contribution in [3.63, 3.8) is 0 Å². The van der Waals surface area contributed by atoms with E-state index in [4.69, 9.17) is 0 Å². The summed E-state index contributed by atoms with van der Waals surface area (Å²) in [6, 6.07) is 0. The second-order valence-corrected chi connectivity index (χ2v) is 2.58. The number of carbonyl (C=O) groups is 2. The van der Waals surface area contributed by atoms with E-state index in [2.05, 4.69) is 14.5 Å². The van der Waals surface area contributed by atoms with Crippen LogP contribution in [-0.2, 0) is 16.6 Å². The van der Waals surface area contributed by atoms with Gasteiger partial charge in [0.1, 0.15) is 0 Å². The van der Waals surface area contributed by atoms with Gasteiger partial charge in [-0.05, 0) is 0 Å². The topological polar surface area (TPSA) is 87.5 Å². The van der Waals surface area contributed by atoms with E-state index in [0.29, 0.717) is 0 Å². The zero-order valence-corrected chi connectivity index (χ0v) is 7.01. The Morgan fingerprint density at radius 1 is 1.21 bits per heavy atom. The average molecular weight is 196 g/mol. The number of nitrogens with zero attached hydrogens (tertiary/aromatic N) is 2. The number of rotatable bonds is 0. The Kier molecular flexibility index (Phi) is 1.60. The molecule has 0 atom stereocenters. The highest BCUT2D eigenvalue weighted by Crippen LogP contribution is 2.12. The molecule has 0 saturated carbocycles. The highest BCUT2D eigenvalue weighted by atomic mass is 16.6. The molecule has 7 heteroatoms. The molecule has 1 aromatic heterocycles. The van der Waals surface area contributed by atoms with Crippen molar-refractivity contribution in [1.29, 1.82) is 0 Å². The van der Waals surface area contributed by atoms with Gasteiger partial charge in [-0.3, -0.25) is 4.79 Å². The van der Waals surface area contributed by atoms with Gasteiger partial charge in [0.2, 0.25) is 5.88 Å². The number of aryl methyl sites for hydroxylation is 1. The maximum Gasteiger partial charge on any atom is 0.424 e. The molecule has 0 aliphatic carbocycles. The minimum absolute atomic E-state index is 0.141. The number of hydrogen-bond acceptors (Lipinski definition) is 6. The second-order valence-electron chi connectivity index (χ2n) is 2.58. The Labute approximate surface area is 76.9 Å². The van der Waals surface area contributed by atoms with Crippen LogP contribution in [0.1, 0.15) is 0 Å². The van der Waals surface area contributed by atoms with Crippen molar-refractivity contribution in [3.05, 3.63) is 16.6 Å². The molecule has 1 aliphatic rings. The van der Waals surface area contributed by atoms with Crippen LogP contribution in [0.15, 0.2) is 11.0 Å². The Balaban J connectivity index is 2.65. The zero-order chi connectivity index (χ0) is 10.3. The fraction of sp³-hybridized carbons (Fsp3) is 0.143. The summed E-state index contributed by atoms with van der Waals surface area (Å²) in [5, 5.41) is 0. The van der Waals surface area contributed by atoms with Gasteiger partial charge < -0.3 is 14.0 Å². The summed E-state index contributed by atoms with van der Waals surface area (Å²) < 4.78 is 9.96. The van der Waals surface area contributed by atoms with Gasteiger partial charge in [-0.2, -0.15) is 4.98 Å². The Hall–Kier alpha value is -2.18. The van der Waals surface area contributed by atoms with E-state index in [1.807, 2.05) is 0 Å². The molecule has 0 spiro atoms. The highest BCUT2D eigenvalue weighted by molar-refractivity contribution is 6.31. The minimum atomic E-state index is -1.25. The number of ether oxygens (including phenoxy) is 2. The summed E-state index contributed by atoms with van der Waals surface area (Å²) in [6.07, 6.45) is 1.19. The van der Waals surface area contributed by atoms with Gasteiger partial charge in [0.15, 0.2) is 0 Å². The van der Waals surface area contributed by atoms with Gasteiger partial charge in [-0.15, -0.1) is 0 Å². The van der Waals surface area contributed by atoms with E-state index in [0.717, 1.165) is 4.57 Å². The molecule has 1 aliphatic heterocycles. The highest BCUT2D eigenvalue weighted by Gasteiger charge is 2.27. The van der Waals surface area contributed by atoms with E-state index in [1.54, 1.807) is 0 Å². The number of aromatic nitrogens is 2. The monoisotopic (exact) mass is 196 g/mol. The molecule has 2 bridgehead atoms. The number of esters is 2. The summed E-state index contributed by atoms with van der Waals surface area (Å²) in [5.41, 5.74) is -0.611. The molecule has 1 aromatic rings. The second kappa shape index (κ2) is 2.66. The van der Waals surface area contributed by atoms with Crippen LogP contribution < -0.4 is 15.0 Å². The molecule has 2 rings (SSSR count). The SMILES string of the molecule is Cn1cc2nc(c1=O)OC(=O)C(=O)O2. The summed E-state index contributed by atoms with van der Waals surface area (Å²) in [5.74, 6) is -3.05. The largest absolute Gasteiger partial charge is 0.424 e. The predicted molar refractivity (Wildman–Crippen MR) is 40.7 cm³/mol. The molecule has 2 heterocycles. The van der Waals surface area contributed by atoms with Crippen molar-refractivity contribution in [1.82, 2.24) is 9.55 Å². The first kappa shape index (κ1) is 8.42. The zero-order valence-electron chi connectivity index (χ0n) is 7.01. The quantitative estimate of drug-likeness (QED) is 0.374. The van der Waals surface area contributed by atoms with Gasteiger partial charge >= 0.3 is 17.5 Å². The van der Waals surface area contributed by atoms with Crippen LogP contribution in [0.3, 0.4) is 0 Å². The summed E-state index contributed by atoms with van der Waals surface area (Å²) in [4.78, 5) is 36.4. The molecule has 0 radical (unpaired) electrons. The smallest absolute Gasteiger partial charge is 0.397 e. The molecule has 0 unspecified atom stereocenters. The summed E-state index contributed by atoms with van der Waals surface area (Å²) >= 11 is 0. The maximum atomic E-state index is 11.2. The Morgan fingerprint density at radius 3 is 2.57 bits per heavy atom. The third-order valence-corrected chi connectivity index (χ3v) is 1.57. The van der Waals surface area contributed by atoms with Gasteiger partial charge in [-0.25, -0.2) is 9.59 Å². The minimum Gasteiger partial charge on any atom is -0.397 e. The van der Waals surface area contributed by atoms with E-state index in [9.17, 15) is 14.4 Å². The standard InChI is InChI=1S/C7H4N2O5/c1-9-2-3-8-4(5(9)10)14-7(12)6(11)13-3/h2H,1H3. The van der Waals surface area contributed by atoms with Crippen molar-refractivity contribution in [2.45, 2.75) is 0 Å². The molecule has 0 amide bonds. The molecule has 72 valence electrons. The Morgan fingerprint density at radius 2 is 1.86 bits per heavy atom. The van der Waals surface area contributed by atoms with Crippen LogP contribution in [0.5, 0.6) is 11.8 Å². The number of carbonyl (C=O) groups excluding carboxylic acids is 2. The van der Waals surface area contributed by atoms with Crippen molar-refractivity contribution in [2.75, 3.05) is 0 Å². The van der Waals surface area contributed by atoms with Crippen LogP contribution in [0, 0.1) is 0 Å². The fourth-order valence-corrected chi connectivity index (χ4v) is 0.934. The fourth-order valence-electron chi connectivity index (χ4n) is 0.934. The molecule has 14 heavy (non-hydrogen) atoms.